The minimum Gasteiger partial charge on any atom is -0.372 e. The van der Waals surface area contributed by atoms with E-state index in [1.807, 2.05) is 30.3 Å². The molecule has 0 unspecified atom stereocenters. The normalized spacial score (nSPS) is 12.3. The second-order valence-electron chi connectivity index (χ2n) is 5.80. The SMILES string of the molecule is CCCCCCC[C@H](OC)C(=O)Nc1cccc2cccnc12. The van der Waals surface area contributed by atoms with E-state index in [4.69, 9.17) is 4.74 Å². The number of amides is 1. The summed E-state index contributed by atoms with van der Waals surface area (Å²) < 4.78 is 5.37. The lowest BCUT2D eigenvalue weighted by molar-refractivity contribution is -0.126. The minimum absolute atomic E-state index is 0.0962. The van der Waals surface area contributed by atoms with Gasteiger partial charge in [0.2, 0.25) is 0 Å². The molecule has 1 aromatic carbocycles. The van der Waals surface area contributed by atoms with Gasteiger partial charge in [-0.3, -0.25) is 9.78 Å². The molecule has 0 radical (unpaired) electrons. The average molecular weight is 314 g/mol. The molecule has 0 saturated carbocycles. The van der Waals surface area contributed by atoms with Gasteiger partial charge in [-0.05, 0) is 18.6 Å². The van der Waals surface area contributed by atoms with E-state index in [-0.39, 0.29) is 5.91 Å². The van der Waals surface area contributed by atoms with Gasteiger partial charge in [0.1, 0.15) is 6.10 Å². The largest absolute Gasteiger partial charge is 0.372 e. The van der Waals surface area contributed by atoms with Crippen LogP contribution in [0, 0.1) is 0 Å². The van der Waals surface area contributed by atoms with Crippen LogP contribution in [0.2, 0.25) is 0 Å². The molecule has 2 rings (SSSR count). The highest BCUT2D eigenvalue weighted by atomic mass is 16.5. The number of para-hydroxylation sites is 1. The number of aromatic nitrogens is 1. The summed E-state index contributed by atoms with van der Waals surface area (Å²) in [4.78, 5) is 16.8. The van der Waals surface area contributed by atoms with Crippen LogP contribution in [0.4, 0.5) is 5.69 Å². The van der Waals surface area contributed by atoms with Gasteiger partial charge in [-0.1, -0.05) is 57.2 Å². The molecule has 4 nitrogen and oxygen atoms in total. The van der Waals surface area contributed by atoms with Crippen molar-refractivity contribution in [3.8, 4) is 0 Å². The number of hydrogen-bond donors (Lipinski definition) is 1. The summed E-state index contributed by atoms with van der Waals surface area (Å²) in [6.07, 6.45) is 7.95. The monoisotopic (exact) mass is 314 g/mol. The van der Waals surface area contributed by atoms with Crippen LogP contribution in [0.1, 0.15) is 45.4 Å². The Morgan fingerprint density at radius 3 is 2.74 bits per heavy atom. The van der Waals surface area contributed by atoms with Gasteiger partial charge in [0.25, 0.3) is 5.91 Å². The lowest BCUT2D eigenvalue weighted by Gasteiger charge is -2.16. The summed E-state index contributed by atoms with van der Waals surface area (Å²) in [6, 6.07) is 9.66. The van der Waals surface area contributed by atoms with Crippen molar-refractivity contribution in [1.82, 2.24) is 4.98 Å². The van der Waals surface area contributed by atoms with Crippen molar-refractivity contribution in [2.75, 3.05) is 12.4 Å². The van der Waals surface area contributed by atoms with Crippen molar-refractivity contribution >= 4 is 22.5 Å². The van der Waals surface area contributed by atoms with E-state index in [1.165, 1.54) is 19.3 Å². The number of rotatable bonds is 9. The lowest BCUT2D eigenvalue weighted by Crippen LogP contribution is -2.29. The second-order valence-corrected chi connectivity index (χ2v) is 5.80. The van der Waals surface area contributed by atoms with Crippen LogP contribution in [-0.2, 0) is 9.53 Å². The Balaban J connectivity index is 1.95. The highest BCUT2D eigenvalue weighted by molar-refractivity contribution is 6.01. The number of carbonyl (C=O) groups is 1. The zero-order valence-corrected chi connectivity index (χ0v) is 14.0. The summed E-state index contributed by atoms with van der Waals surface area (Å²) in [6.45, 7) is 2.20. The van der Waals surface area contributed by atoms with Gasteiger partial charge < -0.3 is 10.1 Å². The third-order valence-corrected chi connectivity index (χ3v) is 4.04. The van der Waals surface area contributed by atoms with Crippen molar-refractivity contribution in [3.63, 3.8) is 0 Å². The molecular formula is C19H26N2O2. The zero-order valence-electron chi connectivity index (χ0n) is 14.0. The van der Waals surface area contributed by atoms with Crippen LogP contribution >= 0.6 is 0 Å². The maximum Gasteiger partial charge on any atom is 0.253 e. The quantitative estimate of drug-likeness (QED) is 0.691. The van der Waals surface area contributed by atoms with E-state index in [1.54, 1.807) is 13.3 Å². The van der Waals surface area contributed by atoms with Crippen molar-refractivity contribution in [3.05, 3.63) is 36.5 Å². The second kappa shape index (κ2) is 9.26. The molecule has 0 aliphatic carbocycles. The van der Waals surface area contributed by atoms with Crippen molar-refractivity contribution < 1.29 is 9.53 Å². The van der Waals surface area contributed by atoms with Gasteiger partial charge in [-0.25, -0.2) is 0 Å². The number of anilines is 1. The number of benzene rings is 1. The van der Waals surface area contributed by atoms with E-state index < -0.39 is 6.10 Å². The number of nitrogens with zero attached hydrogens (tertiary/aromatic N) is 1. The Bertz CT molecular complexity index is 622. The van der Waals surface area contributed by atoms with Gasteiger partial charge in [0.05, 0.1) is 11.2 Å². The summed E-state index contributed by atoms with van der Waals surface area (Å²) in [5.74, 6) is -0.0962. The number of carbonyl (C=O) groups excluding carboxylic acids is 1. The first kappa shape index (κ1) is 17.4. The predicted octanol–water partition coefficient (Wildman–Crippen LogP) is 4.55. The highest BCUT2D eigenvalue weighted by Crippen LogP contribution is 2.21. The zero-order chi connectivity index (χ0) is 16.5. The molecule has 1 atom stereocenters. The van der Waals surface area contributed by atoms with Gasteiger partial charge in [-0.2, -0.15) is 0 Å². The van der Waals surface area contributed by atoms with Crippen LogP contribution in [0.3, 0.4) is 0 Å². The van der Waals surface area contributed by atoms with Gasteiger partial charge in [-0.15, -0.1) is 0 Å². The summed E-state index contributed by atoms with van der Waals surface area (Å²) >= 11 is 0. The predicted molar refractivity (Wildman–Crippen MR) is 94.5 cm³/mol. The van der Waals surface area contributed by atoms with Gasteiger partial charge >= 0.3 is 0 Å². The Morgan fingerprint density at radius 1 is 1.17 bits per heavy atom. The maximum absolute atomic E-state index is 12.4. The molecular weight excluding hydrogens is 288 g/mol. The van der Waals surface area contributed by atoms with Crippen LogP contribution in [-0.4, -0.2) is 24.1 Å². The van der Waals surface area contributed by atoms with E-state index in [0.717, 1.165) is 35.9 Å². The molecule has 4 heteroatoms. The van der Waals surface area contributed by atoms with Crippen LogP contribution in [0.15, 0.2) is 36.5 Å². The van der Waals surface area contributed by atoms with Crippen LogP contribution in [0.5, 0.6) is 0 Å². The fourth-order valence-electron chi connectivity index (χ4n) is 2.71. The Labute approximate surface area is 138 Å². The van der Waals surface area contributed by atoms with E-state index in [9.17, 15) is 4.79 Å². The number of pyridine rings is 1. The molecule has 0 bridgehead atoms. The third kappa shape index (κ3) is 5.03. The maximum atomic E-state index is 12.4. The standard InChI is InChI=1S/C19H26N2O2/c1-3-4-5-6-7-13-17(23-2)19(22)21-16-12-8-10-15-11-9-14-20-18(15)16/h8-12,14,17H,3-7,13H2,1-2H3,(H,21,22)/t17-/m0/s1. The molecule has 1 amide bonds. The highest BCUT2D eigenvalue weighted by Gasteiger charge is 2.18. The fraction of sp³-hybridized carbons (Fsp3) is 0.474. The number of nitrogens with one attached hydrogen (secondary N) is 1. The number of fused-ring (bicyclic) bond motifs is 1. The topological polar surface area (TPSA) is 51.2 Å². The molecule has 1 N–H and O–H groups in total. The molecule has 1 heterocycles. The molecule has 1 aromatic heterocycles. The number of hydrogen-bond acceptors (Lipinski definition) is 3. The van der Waals surface area contributed by atoms with Crippen LogP contribution in [0.25, 0.3) is 10.9 Å². The molecule has 0 aliphatic rings. The summed E-state index contributed by atoms with van der Waals surface area (Å²) in [5.41, 5.74) is 1.54. The first-order chi connectivity index (χ1) is 11.3. The molecule has 0 spiro atoms. The van der Waals surface area contributed by atoms with Gasteiger partial charge in [0, 0.05) is 18.7 Å². The fourth-order valence-corrected chi connectivity index (χ4v) is 2.71. The average Bonchev–Trinajstić information content (AvgIpc) is 2.58. The van der Waals surface area contributed by atoms with E-state index in [2.05, 4.69) is 17.2 Å². The number of ether oxygens (including phenoxy) is 1. The first-order valence-electron chi connectivity index (χ1n) is 8.43. The summed E-state index contributed by atoms with van der Waals surface area (Å²) in [7, 11) is 1.59. The Hall–Kier alpha value is -1.94. The van der Waals surface area contributed by atoms with Crippen molar-refractivity contribution in [1.29, 1.82) is 0 Å². The van der Waals surface area contributed by atoms with Crippen molar-refractivity contribution in [2.45, 2.75) is 51.6 Å². The Kier molecular flexibility index (Phi) is 7.01. The molecule has 23 heavy (non-hydrogen) atoms. The lowest BCUT2D eigenvalue weighted by atomic mass is 10.1. The number of methoxy groups -OCH3 is 1. The van der Waals surface area contributed by atoms with Gasteiger partial charge in [0.15, 0.2) is 0 Å². The number of unbranched alkanes of at least 4 members (excludes halogenated alkanes) is 4. The molecule has 0 aliphatic heterocycles. The van der Waals surface area contributed by atoms with Crippen molar-refractivity contribution in [2.24, 2.45) is 0 Å². The van der Waals surface area contributed by atoms with Crippen LogP contribution < -0.4 is 5.32 Å². The molecule has 0 fully saturated rings. The molecule has 2 aromatic rings. The molecule has 124 valence electrons. The first-order valence-corrected chi connectivity index (χ1v) is 8.43. The third-order valence-electron chi connectivity index (χ3n) is 4.04. The minimum atomic E-state index is -0.407. The summed E-state index contributed by atoms with van der Waals surface area (Å²) in [5, 5.41) is 3.97. The molecule has 0 saturated heterocycles. The smallest absolute Gasteiger partial charge is 0.253 e. The van der Waals surface area contributed by atoms with E-state index >= 15 is 0 Å². The Morgan fingerprint density at radius 2 is 1.96 bits per heavy atom. The van der Waals surface area contributed by atoms with E-state index in [0.29, 0.717) is 0 Å².